The number of allylic oxidation sites excluding steroid dienone is 1. The third-order valence-electron chi connectivity index (χ3n) is 3.08. The molecule has 1 aromatic carbocycles. The maximum Gasteiger partial charge on any atom is 0.0591 e. The zero-order valence-corrected chi connectivity index (χ0v) is 13.9. The molecule has 0 spiro atoms. The van der Waals surface area contributed by atoms with Gasteiger partial charge in [-0.2, -0.15) is 0 Å². The minimum absolute atomic E-state index is 0.515. The molecule has 0 atom stereocenters. The molecule has 0 fully saturated rings. The van der Waals surface area contributed by atoms with E-state index in [9.17, 15) is 5.11 Å². The zero-order chi connectivity index (χ0) is 15.4. The minimum atomic E-state index is -0.515. The fourth-order valence-electron chi connectivity index (χ4n) is 1.96. The summed E-state index contributed by atoms with van der Waals surface area (Å²) in [6, 6.07) is 8.67. The van der Waals surface area contributed by atoms with Crippen LogP contribution in [0.5, 0.6) is 0 Å². The van der Waals surface area contributed by atoms with Crippen LogP contribution < -0.4 is 0 Å². The van der Waals surface area contributed by atoms with Crippen LogP contribution in [0.15, 0.2) is 30.3 Å². The second kappa shape index (κ2) is 10.7. The molecule has 0 saturated heterocycles. The van der Waals surface area contributed by atoms with Gasteiger partial charge in [0, 0.05) is 0 Å². The van der Waals surface area contributed by atoms with E-state index in [-0.39, 0.29) is 0 Å². The normalized spacial score (nSPS) is 11.3. The van der Waals surface area contributed by atoms with Gasteiger partial charge in [0.15, 0.2) is 0 Å². The van der Waals surface area contributed by atoms with E-state index in [2.05, 4.69) is 43.3 Å². The minimum Gasteiger partial charge on any atom is -0.390 e. The highest BCUT2D eigenvalue weighted by Gasteiger charge is 2.10. The SMILES string of the molecule is CC.CCc1cccc(/C=C/CCCCC(C)(C)O)c1. The maximum absolute atomic E-state index is 9.59. The van der Waals surface area contributed by atoms with Crippen molar-refractivity contribution in [1.29, 1.82) is 0 Å². The van der Waals surface area contributed by atoms with Crippen molar-refractivity contribution < 1.29 is 5.11 Å². The number of benzene rings is 1. The van der Waals surface area contributed by atoms with Gasteiger partial charge in [0.1, 0.15) is 0 Å². The molecule has 0 radical (unpaired) electrons. The van der Waals surface area contributed by atoms with Crippen LogP contribution in [-0.2, 0) is 6.42 Å². The molecule has 1 rings (SSSR count). The van der Waals surface area contributed by atoms with Crippen LogP contribution in [0.3, 0.4) is 0 Å². The van der Waals surface area contributed by atoms with Gasteiger partial charge in [0.25, 0.3) is 0 Å². The Labute approximate surface area is 125 Å². The molecule has 0 aliphatic carbocycles. The first kappa shape index (κ1) is 18.9. The van der Waals surface area contributed by atoms with E-state index in [1.807, 2.05) is 27.7 Å². The predicted molar refractivity (Wildman–Crippen MR) is 91.0 cm³/mol. The van der Waals surface area contributed by atoms with Crippen LogP contribution in [0.4, 0.5) is 0 Å². The quantitative estimate of drug-likeness (QED) is 0.641. The number of aliphatic hydroxyl groups is 1. The van der Waals surface area contributed by atoms with E-state index in [1.165, 1.54) is 11.1 Å². The lowest BCUT2D eigenvalue weighted by Gasteiger charge is -2.15. The summed E-state index contributed by atoms with van der Waals surface area (Å²) in [5.74, 6) is 0. The molecule has 0 amide bonds. The Bertz CT molecular complexity index is 372. The lowest BCUT2D eigenvalue weighted by atomic mass is 10.0. The van der Waals surface area contributed by atoms with Gasteiger partial charge in [-0.25, -0.2) is 0 Å². The Kier molecular flexibility index (Phi) is 10.1. The molecule has 0 heterocycles. The predicted octanol–water partition coefficient (Wildman–Crippen LogP) is 5.62. The van der Waals surface area contributed by atoms with Gasteiger partial charge < -0.3 is 5.11 Å². The van der Waals surface area contributed by atoms with E-state index in [0.29, 0.717) is 0 Å². The highest BCUT2D eigenvalue weighted by molar-refractivity contribution is 5.50. The Morgan fingerprint density at radius 3 is 2.45 bits per heavy atom. The summed E-state index contributed by atoms with van der Waals surface area (Å²) in [5, 5.41) is 9.59. The second-order valence-corrected chi connectivity index (χ2v) is 5.56. The Balaban J connectivity index is 0.00000172. The molecule has 0 saturated carbocycles. The van der Waals surface area contributed by atoms with Gasteiger partial charge in [-0.05, 0) is 50.7 Å². The number of rotatable bonds is 7. The number of hydrogen-bond donors (Lipinski definition) is 1. The first-order valence-corrected chi connectivity index (χ1v) is 7.99. The summed E-state index contributed by atoms with van der Waals surface area (Å²) >= 11 is 0. The number of aryl methyl sites for hydroxylation is 1. The van der Waals surface area contributed by atoms with Gasteiger partial charge >= 0.3 is 0 Å². The van der Waals surface area contributed by atoms with Gasteiger partial charge in [-0.3, -0.25) is 0 Å². The second-order valence-electron chi connectivity index (χ2n) is 5.56. The first-order chi connectivity index (χ1) is 9.51. The van der Waals surface area contributed by atoms with Gasteiger partial charge in [0.2, 0.25) is 0 Å². The van der Waals surface area contributed by atoms with Crippen molar-refractivity contribution in [2.45, 2.75) is 72.3 Å². The summed E-state index contributed by atoms with van der Waals surface area (Å²) in [6.07, 6.45) is 9.73. The Morgan fingerprint density at radius 1 is 1.15 bits per heavy atom. The largest absolute Gasteiger partial charge is 0.390 e. The summed E-state index contributed by atoms with van der Waals surface area (Å²) in [4.78, 5) is 0. The van der Waals surface area contributed by atoms with Gasteiger partial charge in [-0.15, -0.1) is 0 Å². The summed E-state index contributed by atoms with van der Waals surface area (Å²) in [7, 11) is 0. The molecular formula is C19H32O. The summed E-state index contributed by atoms with van der Waals surface area (Å²) < 4.78 is 0. The van der Waals surface area contributed by atoms with E-state index in [0.717, 1.165) is 32.1 Å². The molecular weight excluding hydrogens is 244 g/mol. The van der Waals surface area contributed by atoms with Crippen molar-refractivity contribution >= 4 is 6.08 Å². The van der Waals surface area contributed by atoms with Crippen molar-refractivity contribution in [2.24, 2.45) is 0 Å². The Morgan fingerprint density at radius 2 is 1.85 bits per heavy atom. The third kappa shape index (κ3) is 9.80. The van der Waals surface area contributed by atoms with Crippen molar-refractivity contribution in [3.8, 4) is 0 Å². The molecule has 20 heavy (non-hydrogen) atoms. The Hall–Kier alpha value is -1.08. The van der Waals surface area contributed by atoms with E-state index in [4.69, 9.17) is 0 Å². The van der Waals surface area contributed by atoms with Crippen molar-refractivity contribution in [3.05, 3.63) is 41.5 Å². The van der Waals surface area contributed by atoms with E-state index in [1.54, 1.807) is 0 Å². The van der Waals surface area contributed by atoms with Crippen LogP contribution in [0.2, 0.25) is 0 Å². The summed E-state index contributed by atoms with van der Waals surface area (Å²) in [6.45, 7) is 9.93. The molecule has 1 N–H and O–H groups in total. The van der Waals surface area contributed by atoms with Crippen LogP contribution in [0, 0.1) is 0 Å². The topological polar surface area (TPSA) is 20.2 Å². The standard InChI is InChI=1S/C17H26O.C2H6/c1-4-15-11-9-12-16(14-15)10-7-5-6-8-13-17(2,3)18;1-2/h7,9-12,14,18H,4-6,8,13H2,1-3H3;1-2H3/b10-7+;. The van der Waals surface area contributed by atoms with Crippen molar-refractivity contribution in [2.75, 3.05) is 0 Å². The average Bonchev–Trinajstić information content (AvgIpc) is 2.44. The highest BCUT2D eigenvalue weighted by Crippen LogP contribution is 2.14. The highest BCUT2D eigenvalue weighted by atomic mass is 16.3. The third-order valence-corrected chi connectivity index (χ3v) is 3.08. The molecule has 1 nitrogen and oxygen atoms in total. The van der Waals surface area contributed by atoms with Crippen LogP contribution >= 0.6 is 0 Å². The maximum atomic E-state index is 9.59. The van der Waals surface area contributed by atoms with Gasteiger partial charge in [0.05, 0.1) is 5.60 Å². The van der Waals surface area contributed by atoms with Gasteiger partial charge in [-0.1, -0.05) is 63.6 Å². The molecule has 0 aromatic heterocycles. The van der Waals surface area contributed by atoms with Crippen molar-refractivity contribution in [3.63, 3.8) is 0 Å². The number of hydrogen-bond acceptors (Lipinski definition) is 1. The smallest absolute Gasteiger partial charge is 0.0591 e. The van der Waals surface area contributed by atoms with Crippen LogP contribution in [0.1, 0.15) is 71.4 Å². The fraction of sp³-hybridized carbons (Fsp3) is 0.579. The fourth-order valence-corrected chi connectivity index (χ4v) is 1.96. The molecule has 1 aromatic rings. The van der Waals surface area contributed by atoms with E-state index >= 15 is 0 Å². The molecule has 0 bridgehead atoms. The first-order valence-electron chi connectivity index (χ1n) is 7.99. The lowest BCUT2D eigenvalue weighted by molar-refractivity contribution is 0.0683. The lowest BCUT2D eigenvalue weighted by Crippen LogP contribution is -2.17. The monoisotopic (exact) mass is 276 g/mol. The van der Waals surface area contributed by atoms with Crippen LogP contribution in [0.25, 0.3) is 6.08 Å². The summed E-state index contributed by atoms with van der Waals surface area (Å²) in [5.41, 5.74) is 2.16. The molecule has 0 unspecified atom stereocenters. The van der Waals surface area contributed by atoms with Crippen molar-refractivity contribution in [1.82, 2.24) is 0 Å². The number of unbranched alkanes of at least 4 members (excludes halogenated alkanes) is 2. The molecule has 1 heteroatoms. The molecule has 0 aliphatic rings. The van der Waals surface area contributed by atoms with Crippen LogP contribution in [-0.4, -0.2) is 10.7 Å². The van der Waals surface area contributed by atoms with E-state index < -0.39 is 5.60 Å². The molecule has 0 aliphatic heterocycles. The zero-order valence-electron chi connectivity index (χ0n) is 13.9. The molecule has 114 valence electrons. The average molecular weight is 276 g/mol.